The van der Waals surface area contributed by atoms with Crippen molar-refractivity contribution in [2.24, 2.45) is 0 Å². The lowest BCUT2D eigenvalue weighted by molar-refractivity contribution is 0.517. The molecule has 0 bridgehead atoms. The maximum absolute atomic E-state index is 6.19. The van der Waals surface area contributed by atoms with Crippen molar-refractivity contribution in [3.63, 3.8) is 0 Å². The average Bonchev–Trinajstić information content (AvgIpc) is 3.17. The predicted molar refractivity (Wildman–Crippen MR) is 113 cm³/mol. The molecule has 0 spiro atoms. The first-order valence-electron chi connectivity index (χ1n) is 8.12. The number of benzene rings is 2. The number of allylic oxidation sites excluding steroid dienone is 2. The van der Waals surface area contributed by atoms with E-state index >= 15 is 0 Å². The highest BCUT2D eigenvalue weighted by Gasteiger charge is 2.12. The molecule has 0 saturated heterocycles. The summed E-state index contributed by atoms with van der Waals surface area (Å²) >= 11 is 1.61. The Balaban J connectivity index is 1.99. The van der Waals surface area contributed by atoms with Crippen molar-refractivity contribution in [2.45, 2.75) is 0 Å². The van der Waals surface area contributed by atoms with E-state index in [1.165, 1.54) is 0 Å². The topological polar surface area (TPSA) is 9.23 Å². The quantitative estimate of drug-likeness (QED) is 0.279. The monoisotopic (exact) mass is 354 g/mol. The fourth-order valence-electron chi connectivity index (χ4n) is 2.46. The second-order valence-electron chi connectivity index (χ2n) is 5.58. The van der Waals surface area contributed by atoms with Gasteiger partial charge in [-0.1, -0.05) is 55.5 Å². The number of hydrogen-bond acceptors (Lipinski definition) is 2. The van der Waals surface area contributed by atoms with Crippen LogP contribution in [0.25, 0.3) is 17.4 Å². The zero-order chi connectivity index (χ0) is 18.4. The van der Waals surface area contributed by atoms with E-state index < -0.39 is 0 Å². The Hall–Kier alpha value is -3.28. The molecule has 0 atom stereocenters. The van der Waals surface area contributed by atoms with Crippen molar-refractivity contribution in [1.29, 1.82) is 0 Å². The molecule has 1 nitrogen and oxygen atoms in total. The third-order valence-electron chi connectivity index (χ3n) is 3.84. The third kappa shape index (κ3) is 4.03. The molecule has 3 rings (SSSR count). The van der Waals surface area contributed by atoms with Gasteiger partial charge in [0, 0.05) is 5.56 Å². The van der Waals surface area contributed by atoms with Gasteiger partial charge in [0.2, 0.25) is 0 Å². The van der Waals surface area contributed by atoms with E-state index in [1.54, 1.807) is 11.3 Å². The molecule has 0 N–H and O–H groups in total. The summed E-state index contributed by atoms with van der Waals surface area (Å²) in [6, 6.07) is 19.5. The van der Waals surface area contributed by atoms with Crippen LogP contribution in [0.15, 0.2) is 85.3 Å². The van der Waals surface area contributed by atoms with E-state index in [0.29, 0.717) is 0 Å². The molecule has 0 unspecified atom stereocenters. The van der Waals surface area contributed by atoms with Crippen LogP contribution in [-0.2, 0) is 0 Å². The molecular weight excluding hydrogens is 336 g/mol. The second-order valence-corrected chi connectivity index (χ2v) is 6.50. The van der Waals surface area contributed by atoms with Gasteiger partial charge in [0.15, 0.2) is 0 Å². The SMILES string of the molecule is C#Cc1ccc(OC(=CC(=C)c2ccccc2)c2sccc2C=C)cc1. The number of terminal acetylenes is 1. The first-order valence-corrected chi connectivity index (χ1v) is 9.00. The summed E-state index contributed by atoms with van der Waals surface area (Å²) in [7, 11) is 0. The Labute approximate surface area is 158 Å². The Morgan fingerprint density at radius 1 is 1.04 bits per heavy atom. The molecule has 1 aromatic heterocycles. The lowest BCUT2D eigenvalue weighted by Crippen LogP contribution is -1.96. The summed E-state index contributed by atoms with van der Waals surface area (Å²) in [5.41, 5.74) is 3.78. The van der Waals surface area contributed by atoms with Crippen LogP contribution in [-0.4, -0.2) is 0 Å². The average molecular weight is 354 g/mol. The zero-order valence-corrected chi connectivity index (χ0v) is 15.1. The van der Waals surface area contributed by atoms with Gasteiger partial charge < -0.3 is 4.74 Å². The Bertz CT molecular complexity index is 983. The molecule has 3 aromatic rings. The van der Waals surface area contributed by atoms with Crippen LogP contribution in [0.5, 0.6) is 5.75 Å². The summed E-state index contributed by atoms with van der Waals surface area (Å²) in [4.78, 5) is 1.01. The number of rotatable bonds is 6. The van der Waals surface area contributed by atoms with Crippen LogP contribution >= 0.6 is 11.3 Å². The van der Waals surface area contributed by atoms with Crippen molar-refractivity contribution < 1.29 is 4.74 Å². The standard InChI is InChI=1S/C24H18OS/c1-4-19-11-13-22(14-12-19)25-23(24-20(5-2)15-16-26-24)17-18(3)21-9-7-6-8-10-21/h1,5-17H,2-3H2. The fourth-order valence-corrected chi connectivity index (χ4v) is 3.32. The van der Waals surface area contributed by atoms with Gasteiger partial charge in [-0.25, -0.2) is 0 Å². The van der Waals surface area contributed by atoms with Crippen LogP contribution in [0.2, 0.25) is 0 Å². The summed E-state index contributed by atoms with van der Waals surface area (Å²) < 4.78 is 6.19. The molecule has 0 amide bonds. The summed E-state index contributed by atoms with van der Waals surface area (Å²) in [5, 5.41) is 2.02. The Kier molecular flexibility index (Phi) is 5.53. The van der Waals surface area contributed by atoms with Crippen molar-refractivity contribution >= 4 is 28.7 Å². The molecule has 0 aliphatic heterocycles. The van der Waals surface area contributed by atoms with Crippen molar-refractivity contribution in [2.75, 3.05) is 0 Å². The second kappa shape index (κ2) is 8.20. The highest BCUT2D eigenvalue weighted by atomic mass is 32.1. The van der Waals surface area contributed by atoms with E-state index in [-0.39, 0.29) is 0 Å². The van der Waals surface area contributed by atoms with E-state index in [2.05, 4.69) is 19.1 Å². The molecule has 2 aromatic carbocycles. The van der Waals surface area contributed by atoms with Gasteiger partial charge in [-0.05, 0) is 58.5 Å². The molecule has 0 saturated carbocycles. The van der Waals surface area contributed by atoms with Crippen molar-refractivity contribution in [1.82, 2.24) is 0 Å². The van der Waals surface area contributed by atoms with Crippen LogP contribution < -0.4 is 4.74 Å². The maximum Gasteiger partial charge on any atom is 0.145 e. The molecule has 26 heavy (non-hydrogen) atoms. The summed E-state index contributed by atoms with van der Waals surface area (Å²) in [6.45, 7) is 8.09. The van der Waals surface area contributed by atoms with E-state index in [1.807, 2.05) is 78.2 Å². The van der Waals surface area contributed by atoms with E-state index in [0.717, 1.165) is 38.6 Å². The molecule has 0 fully saturated rings. The minimum absolute atomic E-state index is 0.722. The number of hydrogen-bond donors (Lipinski definition) is 0. The number of ether oxygens (including phenoxy) is 1. The molecular formula is C24H18OS. The van der Waals surface area contributed by atoms with Crippen LogP contribution in [0.4, 0.5) is 0 Å². The lowest BCUT2D eigenvalue weighted by atomic mass is 10.1. The van der Waals surface area contributed by atoms with Crippen molar-refractivity contribution in [3.8, 4) is 18.1 Å². The van der Waals surface area contributed by atoms with Gasteiger partial charge in [0.25, 0.3) is 0 Å². The fraction of sp³-hybridized carbons (Fsp3) is 0. The Morgan fingerprint density at radius 3 is 2.42 bits per heavy atom. The van der Waals surface area contributed by atoms with Crippen molar-refractivity contribution in [3.05, 3.63) is 107 Å². The molecule has 1 heterocycles. The van der Waals surface area contributed by atoms with Gasteiger partial charge in [-0.2, -0.15) is 0 Å². The predicted octanol–water partition coefficient (Wildman–Crippen LogP) is 6.51. The zero-order valence-electron chi connectivity index (χ0n) is 14.3. The molecule has 2 heteroatoms. The first kappa shape index (κ1) is 17.5. The van der Waals surface area contributed by atoms with E-state index in [9.17, 15) is 0 Å². The third-order valence-corrected chi connectivity index (χ3v) is 4.78. The van der Waals surface area contributed by atoms with E-state index in [4.69, 9.17) is 11.2 Å². The summed E-state index contributed by atoms with van der Waals surface area (Å²) in [5.74, 6) is 4.07. The largest absolute Gasteiger partial charge is 0.456 e. The van der Waals surface area contributed by atoms with Gasteiger partial charge in [0.1, 0.15) is 11.5 Å². The molecule has 0 aliphatic rings. The molecule has 0 aliphatic carbocycles. The summed E-state index contributed by atoms with van der Waals surface area (Å²) in [6.07, 6.45) is 9.21. The first-order chi connectivity index (χ1) is 12.7. The minimum Gasteiger partial charge on any atom is -0.456 e. The number of thiophene rings is 1. The highest BCUT2D eigenvalue weighted by molar-refractivity contribution is 7.11. The van der Waals surface area contributed by atoms with Gasteiger partial charge in [-0.3, -0.25) is 0 Å². The minimum atomic E-state index is 0.722. The smallest absolute Gasteiger partial charge is 0.145 e. The van der Waals surface area contributed by atoms with Gasteiger partial charge >= 0.3 is 0 Å². The Morgan fingerprint density at radius 2 is 1.77 bits per heavy atom. The molecule has 0 radical (unpaired) electrons. The highest BCUT2D eigenvalue weighted by Crippen LogP contribution is 2.31. The van der Waals surface area contributed by atoms with Gasteiger partial charge in [-0.15, -0.1) is 17.8 Å². The van der Waals surface area contributed by atoms with Crippen LogP contribution in [0, 0.1) is 12.3 Å². The van der Waals surface area contributed by atoms with Crippen LogP contribution in [0.3, 0.4) is 0 Å². The van der Waals surface area contributed by atoms with Gasteiger partial charge in [0.05, 0.1) is 4.88 Å². The normalized spacial score (nSPS) is 10.8. The van der Waals surface area contributed by atoms with Crippen LogP contribution in [0.1, 0.15) is 21.6 Å². The lowest BCUT2D eigenvalue weighted by Gasteiger charge is -2.11. The molecule has 126 valence electrons. The maximum atomic E-state index is 6.19.